The van der Waals surface area contributed by atoms with Crippen LogP contribution in [0.1, 0.15) is 62.2 Å². The van der Waals surface area contributed by atoms with E-state index in [1.54, 1.807) is 30.4 Å². The number of likely N-dealkylation sites (N-methyl/N-ethyl adjacent to an activating group) is 1. The first kappa shape index (κ1) is 63.9. The van der Waals surface area contributed by atoms with Crippen LogP contribution >= 0.6 is 22.9 Å². The number of thiazole rings is 1. The number of aliphatic hydroxyl groups is 1. The Balaban J connectivity index is 0.714. The van der Waals surface area contributed by atoms with Gasteiger partial charge in [-0.2, -0.15) is 4.98 Å². The Morgan fingerprint density at radius 1 is 0.906 bits per heavy atom. The molecule has 2 aliphatic rings. The number of rotatable bonds is 29. The third kappa shape index (κ3) is 16.4. The molecule has 2 fully saturated rings. The van der Waals surface area contributed by atoms with Crippen molar-refractivity contribution in [2.24, 2.45) is 5.92 Å². The van der Waals surface area contributed by atoms with Gasteiger partial charge in [0.05, 0.1) is 91.3 Å². The molecule has 4 amide bonds. The van der Waals surface area contributed by atoms with Crippen LogP contribution in [0.15, 0.2) is 58.6 Å². The molecule has 85 heavy (non-hydrogen) atoms. The van der Waals surface area contributed by atoms with Gasteiger partial charge in [-0.1, -0.05) is 48.8 Å². The Kier molecular flexibility index (Phi) is 22.8. The van der Waals surface area contributed by atoms with E-state index in [1.807, 2.05) is 43.9 Å². The largest absolute Gasteiger partial charge is 0.507 e. The van der Waals surface area contributed by atoms with Gasteiger partial charge >= 0.3 is 0 Å². The van der Waals surface area contributed by atoms with E-state index in [2.05, 4.69) is 30.7 Å². The summed E-state index contributed by atoms with van der Waals surface area (Å²) in [7, 11) is 1.65. The van der Waals surface area contributed by atoms with Gasteiger partial charge in [0, 0.05) is 102 Å². The van der Waals surface area contributed by atoms with Gasteiger partial charge < -0.3 is 68.7 Å². The van der Waals surface area contributed by atoms with Gasteiger partial charge in [0.15, 0.2) is 5.82 Å². The van der Waals surface area contributed by atoms with Crippen molar-refractivity contribution in [1.29, 1.82) is 0 Å². The second kappa shape index (κ2) is 30.3. The van der Waals surface area contributed by atoms with E-state index >= 15 is 8.78 Å². The molecule has 3 aromatic carbocycles. The zero-order valence-corrected chi connectivity index (χ0v) is 50.1. The van der Waals surface area contributed by atoms with Gasteiger partial charge in [-0.05, 0) is 49.6 Å². The number of likely N-dealkylation sites (tertiary alicyclic amines) is 1. The van der Waals surface area contributed by atoms with Crippen LogP contribution < -0.4 is 20.3 Å². The number of nitrogens with one attached hydrogen (secondary N) is 2. The van der Waals surface area contributed by atoms with E-state index in [1.165, 1.54) is 46.3 Å². The third-order valence-corrected chi connectivity index (χ3v) is 15.9. The summed E-state index contributed by atoms with van der Waals surface area (Å²) in [5.41, 5.74) is 4.00. The number of nitrogens with zero attached hydrogens (tertiary/aromatic N) is 8. The maximum absolute atomic E-state index is 16.5. The fourth-order valence-corrected chi connectivity index (χ4v) is 11.2. The smallest absolute Gasteiger partial charge is 0.243 e. The van der Waals surface area contributed by atoms with E-state index < -0.39 is 41.0 Å². The molecule has 5 heterocycles. The Hall–Kier alpha value is -7.13. The number of β-amino-alcohol motifs (C(OH)–C–C–N with tert-alkyl or cyclic N) is 1. The highest BCUT2D eigenvalue weighted by Gasteiger charge is 2.43. The first-order chi connectivity index (χ1) is 40.9. The van der Waals surface area contributed by atoms with Gasteiger partial charge in [0.1, 0.15) is 53.0 Å². The Morgan fingerprint density at radius 2 is 1.60 bits per heavy atom. The molecular weight excluding hydrogens is 1150 g/mol. The van der Waals surface area contributed by atoms with Gasteiger partial charge in [0.2, 0.25) is 29.6 Å². The molecule has 26 heteroatoms. The second-order valence-corrected chi connectivity index (χ2v) is 22.3. The number of fused-ring (bicyclic) bond motifs is 1. The SMILES string of the molecule is CC(=O)N1CCN(c2nc(NCCC(=O)N(C)CCOCCOCCOCCOCCOc3cc(-c4scnc4C)ccc3CNC(=O)[C@@H]3C[C@@H](O)CN3C(=O)[C@H](c3cc(C)no3)C(C)C)nc3c(F)c(-c4c(O)cccc4F)c(Cl)cc23)CC1. The molecule has 2 aliphatic heterocycles. The van der Waals surface area contributed by atoms with Crippen LogP contribution in [0.4, 0.5) is 20.5 Å². The van der Waals surface area contributed by atoms with Crippen LogP contribution in [0.5, 0.6) is 11.5 Å². The van der Waals surface area contributed by atoms with Crippen molar-refractivity contribution < 1.29 is 66.4 Å². The van der Waals surface area contributed by atoms with Crippen molar-refractivity contribution in [1.82, 2.24) is 40.1 Å². The number of carbonyl (C=O) groups excluding carboxylic acids is 4. The molecule has 458 valence electrons. The van der Waals surface area contributed by atoms with Crippen molar-refractivity contribution in [3.05, 3.63) is 93.4 Å². The van der Waals surface area contributed by atoms with Crippen molar-refractivity contribution in [3.8, 4) is 33.1 Å². The minimum absolute atomic E-state index is 0.0167. The third-order valence-electron chi connectivity index (χ3n) is 14.6. The normalized spacial score (nSPS) is 15.7. The van der Waals surface area contributed by atoms with Crippen molar-refractivity contribution in [3.63, 3.8) is 0 Å². The molecule has 2 saturated heterocycles. The van der Waals surface area contributed by atoms with Crippen LogP contribution in [0.3, 0.4) is 0 Å². The van der Waals surface area contributed by atoms with Crippen LogP contribution in [-0.2, 0) is 44.7 Å². The molecule has 0 radical (unpaired) electrons. The predicted octanol–water partition coefficient (Wildman–Crippen LogP) is 6.75. The topological polar surface area (TPSA) is 257 Å². The number of phenols is 1. The van der Waals surface area contributed by atoms with Gasteiger partial charge in [-0.3, -0.25) is 19.2 Å². The van der Waals surface area contributed by atoms with Gasteiger partial charge in [-0.15, -0.1) is 11.3 Å². The summed E-state index contributed by atoms with van der Waals surface area (Å²) in [6, 6.07) is 11.7. The summed E-state index contributed by atoms with van der Waals surface area (Å²) in [6.45, 7) is 13.8. The maximum atomic E-state index is 16.5. The van der Waals surface area contributed by atoms with E-state index in [0.29, 0.717) is 101 Å². The van der Waals surface area contributed by atoms with Crippen LogP contribution in [0.2, 0.25) is 5.02 Å². The summed E-state index contributed by atoms with van der Waals surface area (Å²) in [6.07, 6.45) is -0.707. The molecule has 0 bridgehead atoms. The molecule has 3 aromatic heterocycles. The van der Waals surface area contributed by atoms with Gasteiger partial charge in [-0.25, -0.2) is 18.7 Å². The van der Waals surface area contributed by atoms with E-state index in [9.17, 15) is 29.4 Å². The lowest BCUT2D eigenvalue weighted by molar-refractivity contribution is -0.141. The Morgan fingerprint density at radius 3 is 2.24 bits per heavy atom. The predicted molar refractivity (Wildman–Crippen MR) is 315 cm³/mol. The highest BCUT2D eigenvalue weighted by Crippen LogP contribution is 2.43. The molecule has 0 saturated carbocycles. The minimum atomic E-state index is -0.960. The van der Waals surface area contributed by atoms with Crippen molar-refractivity contribution in [2.45, 2.75) is 72.1 Å². The van der Waals surface area contributed by atoms with Crippen molar-refractivity contribution >= 4 is 69.2 Å². The van der Waals surface area contributed by atoms with Crippen molar-refractivity contribution in [2.75, 3.05) is 123 Å². The minimum Gasteiger partial charge on any atom is -0.507 e. The number of aryl methyl sites for hydroxylation is 2. The standard InChI is InChI=1S/C59H73ClF2N10O12S/c1-35(2)50(48-28-36(3)68-84-48)58(78)72-33-41(74)30-45(72)57(77)64-32-40-11-10-39(55-37(4)65-34-85-55)29-47(40)83-27-26-82-25-24-81-23-22-80-21-20-79-19-18-69(6)49(76)12-13-63-59-66-54-42(56(67-59)71-16-14-70(15-17-71)38(5)73)31-43(60)51(53(54)62)52-44(61)8-7-9-46(52)75/h7-11,28-29,31,34-35,41,45,50,74-75H,12-27,30,32-33H2,1-6H3,(H,64,77)(H,63,66,67)/t41-,45+,50+/m1/s1. The lowest BCUT2D eigenvalue weighted by atomic mass is 9.91. The number of aliphatic hydroxyl groups excluding tert-OH is 1. The first-order valence-electron chi connectivity index (χ1n) is 28.2. The fourth-order valence-electron chi connectivity index (χ4n) is 10.1. The molecule has 6 aromatic rings. The lowest BCUT2D eigenvalue weighted by Gasteiger charge is -2.35. The fraction of sp³-hybridized carbons (Fsp3) is 0.492. The summed E-state index contributed by atoms with van der Waals surface area (Å²) in [4.78, 5) is 73.8. The lowest BCUT2D eigenvalue weighted by Crippen LogP contribution is -2.48. The number of piperazine rings is 1. The maximum Gasteiger partial charge on any atom is 0.243 e. The highest BCUT2D eigenvalue weighted by molar-refractivity contribution is 7.13. The Labute approximate surface area is 500 Å². The quantitative estimate of drug-likeness (QED) is 0.0354. The summed E-state index contributed by atoms with van der Waals surface area (Å²) >= 11 is 8.09. The number of anilines is 2. The molecular formula is C59H73ClF2N10O12S. The molecule has 0 spiro atoms. The van der Waals surface area contributed by atoms with Crippen LogP contribution in [0.25, 0.3) is 32.5 Å². The molecule has 0 unspecified atom stereocenters. The zero-order valence-electron chi connectivity index (χ0n) is 48.5. The Bertz CT molecular complexity index is 3250. The summed E-state index contributed by atoms with van der Waals surface area (Å²) in [5, 5.41) is 31.2. The van der Waals surface area contributed by atoms with E-state index in [-0.39, 0.29) is 109 Å². The number of halogens is 3. The number of amides is 4. The molecule has 3 atom stereocenters. The van der Waals surface area contributed by atoms with Crippen LogP contribution in [-0.4, -0.2) is 193 Å². The number of hydrogen-bond acceptors (Lipinski definition) is 19. The monoisotopic (exact) mass is 1220 g/mol. The first-order valence-corrected chi connectivity index (χ1v) is 29.5. The average Bonchev–Trinajstić information content (AvgIpc) is 3.69. The molecule has 0 aliphatic carbocycles. The number of phenolic OH excluding ortho intramolecular Hbond substituents is 1. The second-order valence-electron chi connectivity index (χ2n) is 21.0. The van der Waals surface area contributed by atoms with Crippen LogP contribution in [0, 0.1) is 31.4 Å². The summed E-state index contributed by atoms with van der Waals surface area (Å²) < 4.78 is 66.0. The number of ether oxygens (including phenoxy) is 5. The average molecular weight is 1220 g/mol. The zero-order chi connectivity index (χ0) is 60.7. The number of aromatic hydroxyl groups is 1. The number of hydrogen-bond donors (Lipinski definition) is 4. The van der Waals surface area contributed by atoms with E-state index in [0.717, 1.165) is 22.2 Å². The summed E-state index contributed by atoms with van der Waals surface area (Å²) in [5.74, 6) is -2.77. The van der Waals surface area contributed by atoms with E-state index in [4.69, 9.17) is 39.8 Å². The van der Waals surface area contributed by atoms with Gasteiger partial charge in [0.25, 0.3) is 0 Å². The number of benzene rings is 3. The highest BCUT2D eigenvalue weighted by atomic mass is 35.5. The number of carbonyl (C=O) groups is 4. The molecule has 22 nitrogen and oxygen atoms in total. The number of aromatic nitrogens is 4. The molecule has 8 rings (SSSR count). The molecule has 4 N–H and O–H groups in total.